The first-order valence-corrected chi connectivity index (χ1v) is 10.1. The Kier molecular flexibility index (Phi) is 4.85. The molecule has 1 aliphatic carbocycles. The highest BCUT2D eigenvalue weighted by molar-refractivity contribution is 9.10. The summed E-state index contributed by atoms with van der Waals surface area (Å²) in [4.78, 5) is 12.7. The Morgan fingerprint density at radius 1 is 1.38 bits per heavy atom. The molecule has 2 unspecified atom stereocenters. The van der Waals surface area contributed by atoms with Gasteiger partial charge in [-0.1, -0.05) is 12.1 Å². The predicted octanol–water partition coefficient (Wildman–Crippen LogP) is 2.33. The molecule has 6 nitrogen and oxygen atoms in total. The number of amides is 1. The number of sulfonamides is 1. The van der Waals surface area contributed by atoms with Gasteiger partial charge >= 0.3 is 6.09 Å². The van der Waals surface area contributed by atoms with Crippen molar-refractivity contribution in [3.63, 3.8) is 0 Å². The average Bonchev–Trinajstić information content (AvgIpc) is 3.29. The molecule has 0 aromatic heterocycles. The topological polar surface area (TPSA) is 86.7 Å². The van der Waals surface area contributed by atoms with E-state index in [1.165, 1.54) is 4.90 Å². The first-order valence-electron chi connectivity index (χ1n) is 7.73. The smallest absolute Gasteiger partial charge is 0.407 e. The lowest BCUT2D eigenvalue weighted by Crippen LogP contribution is -2.48. The molecule has 2 N–H and O–H groups in total. The number of rotatable bonds is 5. The van der Waals surface area contributed by atoms with Crippen LogP contribution in [0.15, 0.2) is 22.7 Å². The summed E-state index contributed by atoms with van der Waals surface area (Å²) in [6.07, 6.45) is 0.655. The van der Waals surface area contributed by atoms with Crippen LogP contribution in [0.2, 0.25) is 0 Å². The molecule has 1 aromatic rings. The van der Waals surface area contributed by atoms with Crippen LogP contribution in [-0.4, -0.2) is 48.4 Å². The van der Waals surface area contributed by atoms with Crippen molar-refractivity contribution in [2.75, 3.05) is 6.54 Å². The summed E-state index contributed by atoms with van der Waals surface area (Å²) in [6.45, 7) is 0.230. The highest BCUT2D eigenvalue weighted by atomic mass is 79.9. The van der Waals surface area contributed by atoms with Crippen molar-refractivity contribution in [3.05, 3.63) is 34.1 Å². The molecule has 0 radical (unpaired) electrons. The van der Waals surface area contributed by atoms with Crippen molar-refractivity contribution in [2.24, 2.45) is 0 Å². The second kappa shape index (κ2) is 6.61. The van der Waals surface area contributed by atoms with Gasteiger partial charge in [-0.05, 0) is 53.2 Å². The zero-order valence-corrected chi connectivity index (χ0v) is 15.2. The maximum Gasteiger partial charge on any atom is 0.407 e. The Hall–Kier alpha value is -1.19. The Labute approximate surface area is 148 Å². The zero-order chi connectivity index (χ0) is 17.5. The minimum atomic E-state index is -3.44. The summed E-state index contributed by atoms with van der Waals surface area (Å²) < 4.78 is 41.5. The standard InChI is InChI=1S/C15H18BrFN2O4S/c16-11-3-1-2-9(14(11)17)8-13-12(6-7-19(13)15(20)21)18-24(22,23)10-4-5-10/h1-3,10,12-13,18H,4-8H2,(H,20,21). The monoisotopic (exact) mass is 420 g/mol. The van der Waals surface area contributed by atoms with Gasteiger partial charge in [-0.15, -0.1) is 0 Å². The van der Waals surface area contributed by atoms with E-state index in [2.05, 4.69) is 20.7 Å². The summed E-state index contributed by atoms with van der Waals surface area (Å²) in [6, 6.07) is 3.66. The summed E-state index contributed by atoms with van der Waals surface area (Å²) in [5.41, 5.74) is 0.359. The maximum atomic E-state index is 14.2. The molecular formula is C15H18BrFN2O4S. The third-order valence-corrected chi connectivity index (χ3v) is 7.12. The van der Waals surface area contributed by atoms with Gasteiger partial charge in [0.1, 0.15) is 5.82 Å². The van der Waals surface area contributed by atoms with Gasteiger partial charge in [0.15, 0.2) is 0 Å². The summed E-state index contributed by atoms with van der Waals surface area (Å²) in [5.74, 6) is -0.446. The van der Waals surface area contributed by atoms with Gasteiger partial charge in [0.25, 0.3) is 0 Å². The molecule has 2 atom stereocenters. The van der Waals surface area contributed by atoms with Gasteiger partial charge in [0.2, 0.25) is 10.0 Å². The molecule has 1 aliphatic heterocycles. The van der Waals surface area contributed by atoms with E-state index in [0.29, 0.717) is 29.3 Å². The lowest BCUT2D eigenvalue weighted by Gasteiger charge is -2.27. The molecule has 0 spiro atoms. The van der Waals surface area contributed by atoms with Crippen LogP contribution in [0.1, 0.15) is 24.8 Å². The van der Waals surface area contributed by atoms with E-state index in [1.54, 1.807) is 18.2 Å². The molecule has 1 saturated carbocycles. The van der Waals surface area contributed by atoms with Gasteiger partial charge in [0.05, 0.1) is 15.8 Å². The largest absolute Gasteiger partial charge is 0.465 e. The normalized spacial score (nSPS) is 24.3. The van der Waals surface area contributed by atoms with Crippen molar-refractivity contribution in [3.8, 4) is 0 Å². The molecule has 132 valence electrons. The van der Waals surface area contributed by atoms with E-state index in [0.717, 1.165) is 0 Å². The first-order chi connectivity index (χ1) is 11.3. The number of likely N-dealkylation sites (tertiary alicyclic amines) is 1. The summed E-state index contributed by atoms with van der Waals surface area (Å²) >= 11 is 3.11. The van der Waals surface area contributed by atoms with E-state index in [4.69, 9.17) is 0 Å². The molecule has 2 aliphatic rings. The molecule has 1 saturated heterocycles. The minimum Gasteiger partial charge on any atom is -0.465 e. The quantitative estimate of drug-likeness (QED) is 0.764. The van der Waals surface area contributed by atoms with Gasteiger partial charge in [-0.3, -0.25) is 0 Å². The van der Waals surface area contributed by atoms with Gasteiger partial charge in [-0.25, -0.2) is 22.3 Å². The lowest BCUT2D eigenvalue weighted by molar-refractivity contribution is 0.137. The minimum absolute atomic E-state index is 0.120. The molecule has 0 bridgehead atoms. The van der Waals surface area contributed by atoms with Crippen LogP contribution < -0.4 is 4.72 Å². The molecule has 24 heavy (non-hydrogen) atoms. The number of hydrogen-bond donors (Lipinski definition) is 2. The first kappa shape index (κ1) is 17.6. The van der Waals surface area contributed by atoms with Gasteiger partial charge in [0, 0.05) is 12.6 Å². The number of carboxylic acid groups (broad SMARTS) is 1. The van der Waals surface area contributed by atoms with E-state index in [1.807, 2.05) is 0 Å². The Morgan fingerprint density at radius 3 is 2.71 bits per heavy atom. The number of halogens is 2. The number of benzene rings is 1. The predicted molar refractivity (Wildman–Crippen MR) is 89.8 cm³/mol. The second-order valence-electron chi connectivity index (χ2n) is 6.22. The van der Waals surface area contributed by atoms with Gasteiger partial charge in [-0.2, -0.15) is 0 Å². The van der Waals surface area contributed by atoms with Crippen molar-refractivity contribution < 1.29 is 22.7 Å². The maximum absolute atomic E-state index is 14.2. The van der Waals surface area contributed by atoms with E-state index in [9.17, 15) is 22.7 Å². The van der Waals surface area contributed by atoms with Crippen LogP contribution >= 0.6 is 15.9 Å². The summed E-state index contributed by atoms with van der Waals surface area (Å²) in [7, 11) is -3.44. The van der Waals surface area contributed by atoms with Crippen molar-refractivity contribution in [1.29, 1.82) is 0 Å². The Balaban J connectivity index is 1.83. The van der Waals surface area contributed by atoms with Crippen LogP contribution in [0.25, 0.3) is 0 Å². The molecule has 2 fully saturated rings. The molecule has 3 rings (SSSR count). The van der Waals surface area contributed by atoms with Crippen molar-refractivity contribution >= 4 is 32.0 Å². The molecule has 9 heteroatoms. The van der Waals surface area contributed by atoms with Crippen molar-refractivity contribution in [2.45, 2.75) is 43.0 Å². The lowest BCUT2D eigenvalue weighted by atomic mass is 10.0. The van der Waals surface area contributed by atoms with Gasteiger partial charge < -0.3 is 10.0 Å². The van der Waals surface area contributed by atoms with Crippen LogP contribution in [0, 0.1) is 5.82 Å². The molecule has 1 aromatic carbocycles. The number of carbonyl (C=O) groups is 1. The zero-order valence-electron chi connectivity index (χ0n) is 12.8. The third-order valence-electron chi connectivity index (χ3n) is 4.53. The van der Waals surface area contributed by atoms with Crippen LogP contribution in [0.4, 0.5) is 9.18 Å². The number of nitrogens with one attached hydrogen (secondary N) is 1. The molecule has 1 amide bonds. The molecular weight excluding hydrogens is 403 g/mol. The fourth-order valence-electron chi connectivity index (χ4n) is 3.10. The van der Waals surface area contributed by atoms with E-state index >= 15 is 0 Å². The van der Waals surface area contributed by atoms with Crippen molar-refractivity contribution in [1.82, 2.24) is 9.62 Å². The molecule has 1 heterocycles. The fourth-order valence-corrected chi connectivity index (χ4v) is 5.15. The van der Waals surface area contributed by atoms with Crippen LogP contribution in [-0.2, 0) is 16.4 Å². The number of hydrogen-bond acceptors (Lipinski definition) is 3. The number of nitrogens with zero attached hydrogens (tertiary/aromatic N) is 1. The fraction of sp³-hybridized carbons (Fsp3) is 0.533. The third kappa shape index (κ3) is 3.57. The van der Waals surface area contributed by atoms with Crippen LogP contribution in [0.3, 0.4) is 0 Å². The highest BCUT2D eigenvalue weighted by Crippen LogP contribution is 2.31. The van der Waals surface area contributed by atoms with Crippen LogP contribution in [0.5, 0.6) is 0 Å². The van der Waals surface area contributed by atoms with E-state index < -0.39 is 34.0 Å². The SMILES string of the molecule is O=C(O)N1CCC(NS(=O)(=O)C2CC2)C1Cc1cccc(Br)c1F. The second-order valence-corrected chi connectivity index (χ2v) is 9.06. The highest BCUT2D eigenvalue weighted by Gasteiger charge is 2.43. The Morgan fingerprint density at radius 2 is 2.08 bits per heavy atom. The summed E-state index contributed by atoms with van der Waals surface area (Å²) in [5, 5.41) is 8.99. The average molecular weight is 421 g/mol. The van der Waals surface area contributed by atoms with E-state index in [-0.39, 0.29) is 18.2 Å². The Bertz CT molecular complexity index is 754.